The van der Waals surface area contributed by atoms with Gasteiger partial charge >= 0.3 is 0 Å². The number of hydrogen-bond donors (Lipinski definition) is 2. The molecule has 0 atom stereocenters. The van der Waals surface area contributed by atoms with Crippen molar-refractivity contribution in [2.24, 2.45) is 0 Å². The predicted molar refractivity (Wildman–Crippen MR) is 279 cm³/mol. The van der Waals surface area contributed by atoms with E-state index in [1.54, 1.807) is 12.3 Å². The number of halogens is 2. The maximum atomic E-state index is 9.15. The average Bonchev–Trinajstić information content (AvgIpc) is 3.93. The number of nitriles is 1. The van der Waals surface area contributed by atoms with Gasteiger partial charge in [-0.15, -0.1) is 30.6 Å². The molecule has 4 aromatic heterocycles. The molecule has 0 saturated carbocycles. The van der Waals surface area contributed by atoms with Gasteiger partial charge in [0.1, 0.15) is 40.8 Å². The Morgan fingerprint density at radius 1 is 0.586 bits per heavy atom. The van der Waals surface area contributed by atoms with Gasteiger partial charge in [-0.2, -0.15) is 5.26 Å². The SMILES string of the molecule is Cc1nnc2n1-c1ccc(-c3ccc(N)nc3)cc1N(c1ccc(C#N)cc1)CC2.Cc1nnc2n1-c1ccc(Br)cc1NCC2.[C-]#[N+]c1ccc(N2CCc3nnc(C)n3-c3ccc(Br)cc32)cc1. The molecule has 18 heteroatoms. The summed E-state index contributed by atoms with van der Waals surface area (Å²) in [5.41, 5.74) is 17.7. The third-order valence-electron chi connectivity index (χ3n) is 12.4. The van der Waals surface area contributed by atoms with E-state index in [1.165, 1.54) is 0 Å². The highest BCUT2D eigenvalue weighted by molar-refractivity contribution is 9.10. The first-order chi connectivity index (χ1) is 34.1. The van der Waals surface area contributed by atoms with Crippen LogP contribution in [-0.2, 0) is 19.3 Å². The van der Waals surface area contributed by atoms with Gasteiger partial charge < -0.3 is 20.9 Å². The summed E-state index contributed by atoms with van der Waals surface area (Å²) in [5, 5.41) is 38.1. The van der Waals surface area contributed by atoms with E-state index in [4.69, 9.17) is 17.6 Å². The lowest BCUT2D eigenvalue weighted by molar-refractivity contribution is 0.838. The van der Waals surface area contributed by atoms with Crippen molar-refractivity contribution in [1.82, 2.24) is 49.3 Å². The number of pyridine rings is 1. The van der Waals surface area contributed by atoms with Gasteiger partial charge in [0, 0.05) is 71.0 Å². The summed E-state index contributed by atoms with van der Waals surface area (Å²) in [6.07, 6.45) is 4.24. The van der Waals surface area contributed by atoms with Gasteiger partial charge in [0.05, 0.1) is 52.3 Å². The third kappa shape index (κ3) is 8.98. The van der Waals surface area contributed by atoms with Crippen LogP contribution in [0.4, 0.5) is 39.9 Å². The first-order valence-electron chi connectivity index (χ1n) is 22.5. The molecule has 5 aromatic carbocycles. The largest absolute Gasteiger partial charge is 0.384 e. The molecular formula is C52H44Br2N16. The van der Waals surface area contributed by atoms with Crippen LogP contribution >= 0.6 is 31.9 Å². The number of nitrogens with zero attached hydrogens (tertiary/aromatic N) is 14. The average molecular weight is 1050 g/mol. The van der Waals surface area contributed by atoms with Crippen LogP contribution in [0.25, 0.3) is 33.0 Å². The quantitative estimate of drug-likeness (QED) is 0.160. The molecular weight excluding hydrogens is 1010 g/mol. The first-order valence-corrected chi connectivity index (χ1v) is 24.1. The molecule has 70 heavy (non-hydrogen) atoms. The van der Waals surface area contributed by atoms with E-state index in [9.17, 15) is 0 Å². The van der Waals surface area contributed by atoms with E-state index in [0.717, 1.165) is 139 Å². The van der Waals surface area contributed by atoms with Gasteiger partial charge in [0.15, 0.2) is 5.69 Å². The highest BCUT2D eigenvalue weighted by Crippen LogP contribution is 2.39. The summed E-state index contributed by atoms with van der Waals surface area (Å²) < 4.78 is 8.45. The summed E-state index contributed by atoms with van der Waals surface area (Å²) in [7, 11) is 0. The fraction of sp³-hybridized carbons (Fsp3) is 0.173. The summed E-state index contributed by atoms with van der Waals surface area (Å²) >= 11 is 7.07. The van der Waals surface area contributed by atoms with Crippen molar-refractivity contribution in [3.8, 4) is 34.3 Å². The Bertz CT molecular complexity index is 3470. The molecule has 346 valence electrons. The van der Waals surface area contributed by atoms with E-state index in [0.29, 0.717) is 17.1 Å². The lowest BCUT2D eigenvalue weighted by atomic mass is 10.0. The number of benzene rings is 5. The van der Waals surface area contributed by atoms with Crippen LogP contribution in [0.2, 0.25) is 0 Å². The number of hydrogen-bond acceptors (Lipinski definition) is 12. The molecule has 0 spiro atoms. The van der Waals surface area contributed by atoms with Crippen molar-refractivity contribution in [3.63, 3.8) is 0 Å². The fourth-order valence-corrected chi connectivity index (χ4v) is 9.72. The predicted octanol–water partition coefficient (Wildman–Crippen LogP) is 10.7. The number of rotatable bonds is 3. The highest BCUT2D eigenvalue weighted by Gasteiger charge is 2.26. The van der Waals surface area contributed by atoms with E-state index < -0.39 is 0 Å². The van der Waals surface area contributed by atoms with Crippen LogP contribution in [0.5, 0.6) is 0 Å². The first kappa shape index (κ1) is 45.6. The van der Waals surface area contributed by atoms with Gasteiger partial charge in [0.25, 0.3) is 0 Å². The molecule has 16 nitrogen and oxygen atoms in total. The van der Waals surface area contributed by atoms with E-state index in [-0.39, 0.29) is 0 Å². The van der Waals surface area contributed by atoms with Gasteiger partial charge in [-0.05, 0) is 123 Å². The van der Waals surface area contributed by atoms with Crippen LogP contribution in [-0.4, -0.2) is 68.9 Å². The molecule has 0 fully saturated rings. The monoisotopic (exact) mass is 1050 g/mol. The molecule has 7 heterocycles. The second-order valence-electron chi connectivity index (χ2n) is 16.7. The molecule has 0 aliphatic carbocycles. The molecule has 0 amide bonds. The van der Waals surface area contributed by atoms with Gasteiger partial charge in [-0.1, -0.05) is 50.1 Å². The van der Waals surface area contributed by atoms with Crippen molar-refractivity contribution in [2.75, 3.05) is 40.5 Å². The minimum Gasteiger partial charge on any atom is -0.384 e. The molecule has 0 unspecified atom stereocenters. The normalized spacial score (nSPS) is 13.0. The Morgan fingerprint density at radius 2 is 1.10 bits per heavy atom. The van der Waals surface area contributed by atoms with Crippen molar-refractivity contribution in [1.29, 1.82) is 5.26 Å². The zero-order chi connectivity index (χ0) is 48.5. The number of fused-ring (bicyclic) bond motifs is 9. The molecule has 9 aromatic rings. The van der Waals surface area contributed by atoms with Crippen LogP contribution in [0.1, 0.15) is 40.5 Å². The molecule has 3 aliphatic heterocycles. The Balaban J connectivity index is 0.000000127. The van der Waals surface area contributed by atoms with Crippen LogP contribution in [0.3, 0.4) is 0 Å². The Hall–Kier alpha value is -8.19. The van der Waals surface area contributed by atoms with Crippen LogP contribution < -0.4 is 20.9 Å². The standard InChI is InChI=1S/C23H19N7.C18H14BrN5.C11H11BrN4/c1-15-27-28-23-10-11-29(19-6-2-16(13-24)3-7-19)21-12-17(4-8-20(21)30(15)23)18-5-9-22(25)26-14-18;1-12-21-22-18-9-10-23(15-6-4-14(20-2)5-7-15)17-11-13(19)3-8-16(17)24(12)18;1-7-14-15-11-4-5-13-9-6-8(12)2-3-10(9)16(7)11/h2-9,12,14H,10-11H2,1H3,(H2,25,26);3-8,11H,9-10H2,1H3;2-3,6,13H,4-5H2,1H3. The zero-order valence-electron chi connectivity index (χ0n) is 38.4. The van der Waals surface area contributed by atoms with Crippen LogP contribution in [0.15, 0.2) is 130 Å². The number of nitrogen functional groups attached to an aromatic ring is 1. The van der Waals surface area contributed by atoms with Crippen molar-refractivity contribution in [3.05, 3.63) is 182 Å². The number of nitrogens with one attached hydrogen (secondary N) is 1. The summed E-state index contributed by atoms with van der Waals surface area (Å²) in [6.45, 7) is 15.5. The van der Waals surface area contributed by atoms with E-state index in [1.807, 2.05) is 87.5 Å². The van der Waals surface area contributed by atoms with E-state index in [2.05, 4.69) is 150 Å². The van der Waals surface area contributed by atoms with E-state index >= 15 is 0 Å². The Morgan fingerprint density at radius 3 is 1.67 bits per heavy atom. The van der Waals surface area contributed by atoms with Crippen molar-refractivity contribution in [2.45, 2.75) is 40.0 Å². The van der Waals surface area contributed by atoms with Crippen LogP contribution in [0, 0.1) is 38.7 Å². The number of aryl methyl sites for hydroxylation is 3. The second-order valence-corrected chi connectivity index (χ2v) is 18.6. The maximum Gasteiger partial charge on any atom is 0.187 e. The smallest absolute Gasteiger partial charge is 0.187 e. The number of nitrogens with two attached hydrogens (primary N) is 1. The molecule has 0 bridgehead atoms. The van der Waals surface area contributed by atoms with Crippen molar-refractivity contribution < 1.29 is 0 Å². The lowest BCUT2D eigenvalue weighted by Crippen LogP contribution is -2.19. The topological polar surface area (TPSA) is 178 Å². The molecule has 0 saturated heterocycles. The Labute approximate surface area is 421 Å². The number of aromatic nitrogens is 10. The summed E-state index contributed by atoms with van der Waals surface area (Å²) in [4.78, 5) is 12.2. The van der Waals surface area contributed by atoms with Gasteiger partial charge in [-0.25, -0.2) is 9.83 Å². The molecule has 0 radical (unpaired) electrons. The summed E-state index contributed by atoms with van der Waals surface area (Å²) in [5.74, 6) is 6.10. The molecule has 12 rings (SSSR count). The zero-order valence-corrected chi connectivity index (χ0v) is 41.6. The number of anilines is 6. The Kier molecular flexibility index (Phi) is 12.7. The molecule has 3 aliphatic rings. The third-order valence-corrected chi connectivity index (χ3v) is 13.3. The van der Waals surface area contributed by atoms with Gasteiger partial charge in [-0.3, -0.25) is 13.7 Å². The molecule has 3 N–H and O–H groups in total. The fourth-order valence-electron chi connectivity index (χ4n) is 9.01. The van der Waals surface area contributed by atoms with Gasteiger partial charge in [0.2, 0.25) is 0 Å². The minimum absolute atomic E-state index is 0.498. The van der Waals surface area contributed by atoms with Crippen molar-refractivity contribution >= 4 is 71.8 Å². The summed E-state index contributed by atoms with van der Waals surface area (Å²) in [6, 6.07) is 40.1. The second kappa shape index (κ2) is 19.4. The lowest BCUT2D eigenvalue weighted by Gasteiger charge is -2.26. The minimum atomic E-state index is 0.498. The highest BCUT2D eigenvalue weighted by atomic mass is 79.9. The maximum absolute atomic E-state index is 9.15.